The van der Waals surface area contributed by atoms with E-state index >= 15 is 0 Å². The van der Waals surface area contributed by atoms with E-state index in [0.717, 1.165) is 26.6 Å². The third kappa shape index (κ3) is 2.73. The zero-order valence-corrected chi connectivity index (χ0v) is 15.1. The molecule has 0 atom stereocenters. The molecular weight excluding hydrogens is 340 g/mol. The van der Waals surface area contributed by atoms with E-state index in [-0.39, 0.29) is 5.91 Å². The highest BCUT2D eigenvalue weighted by molar-refractivity contribution is 7.17. The van der Waals surface area contributed by atoms with Gasteiger partial charge in [-0.15, -0.1) is 6.42 Å². The van der Waals surface area contributed by atoms with Crippen molar-refractivity contribution in [1.29, 1.82) is 0 Å². The number of benzene rings is 3. The molecule has 4 aromatic rings. The summed E-state index contributed by atoms with van der Waals surface area (Å²) < 4.78 is 3.03. The van der Waals surface area contributed by atoms with Crippen LogP contribution >= 0.6 is 11.3 Å². The van der Waals surface area contributed by atoms with Gasteiger partial charge in [-0.05, 0) is 30.0 Å². The molecule has 1 amide bonds. The Kier molecular flexibility index (Phi) is 4.16. The Balaban J connectivity index is 1.98. The van der Waals surface area contributed by atoms with Crippen LogP contribution in [0.1, 0.15) is 15.9 Å². The number of aryl methyl sites for hydroxylation is 1. The fourth-order valence-corrected chi connectivity index (χ4v) is 4.25. The van der Waals surface area contributed by atoms with Crippen molar-refractivity contribution in [2.24, 2.45) is 4.99 Å². The largest absolute Gasteiger partial charge is 0.305 e. The SMILES string of the molecule is C#CCn1c(=NC(=O)c2ccccc2C)sc2c3ccccc3ccc21. The number of amides is 1. The number of hydrogen-bond donors (Lipinski definition) is 0. The lowest BCUT2D eigenvalue weighted by Gasteiger charge is -2.02. The standard InChI is InChI=1S/C22H16N2OS/c1-3-14-24-19-13-12-16-9-5-7-11-18(16)20(19)26-22(24)23-21(25)17-10-6-4-8-15(17)2/h1,4-13H,14H2,2H3. The van der Waals surface area contributed by atoms with Gasteiger partial charge in [0.2, 0.25) is 0 Å². The van der Waals surface area contributed by atoms with Crippen molar-refractivity contribution < 1.29 is 4.79 Å². The average molecular weight is 356 g/mol. The zero-order valence-electron chi connectivity index (χ0n) is 14.3. The van der Waals surface area contributed by atoms with Crippen molar-refractivity contribution in [3.8, 4) is 12.3 Å². The van der Waals surface area contributed by atoms with Crippen LogP contribution in [0.2, 0.25) is 0 Å². The van der Waals surface area contributed by atoms with E-state index in [1.807, 2.05) is 47.9 Å². The van der Waals surface area contributed by atoms with Gasteiger partial charge in [-0.2, -0.15) is 4.99 Å². The number of carbonyl (C=O) groups is 1. The van der Waals surface area contributed by atoms with E-state index in [4.69, 9.17) is 6.42 Å². The number of terminal acetylenes is 1. The second kappa shape index (κ2) is 6.62. The predicted octanol–water partition coefficient (Wildman–Crippen LogP) is 4.54. The minimum atomic E-state index is -0.246. The molecule has 0 fully saturated rings. The lowest BCUT2D eigenvalue weighted by molar-refractivity contribution is 0.0997. The Morgan fingerprint density at radius 1 is 1.12 bits per heavy atom. The summed E-state index contributed by atoms with van der Waals surface area (Å²) in [4.78, 5) is 17.7. The van der Waals surface area contributed by atoms with Gasteiger partial charge in [-0.1, -0.05) is 65.8 Å². The van der Waals surface area contributed by atoms with Crippen LogP contribution < -0.4 is 4.80 Å². The van der Waals surface area contributed by atoms with E-state index in [9.17, 15) is 4.79 Å². The van der Waals surface area contributed by atoms with Gasteiger partial charge in [-0.25, -0.2) is 0 Å². The first-order valence-corrected chi connectivity index (χ1v) is 9.10. The van der Waals surface area contributed by atoms with Crippen LogP contribution in [0, 0.1) is 19.3 Å². The van der Waals surface area contributed by atoms with Gasteiger partial charge in [0.25, 0.3) is 5.91 Å². The van der Waals surface area contributed by atoms with Crippen LogP contribution in [0.4, 0.5) is 0 Å². The number of aromatic nitrogens is 1. The molecule has 4 rings (SSSR count). The summed E-state index contributed by atoms with van der Waals surface area (Å²) in [5.41, 5.74) is 2.53. The first-order chi connectivity index (χ1) is 12.7. The van der Waals surface area contributed by atoms with Crippen LogP contribution in [0.25, 0.3) is 21.0 Å². The van der Waals surface area contributed by atoms with Gasteiger partial charge in [0.1, 0.15) is 0 Å². The fourth-order valence-electron chi connectivity index (χ4n) is 3.09. The molecule has 0 N–H and O–H groups in total. The van der Waals surface area contributed by atoms with Crippen LogP contribution in [0.3, 0.4) is 0 Å². The molecule has 0 aliphatic carbocycles. The molecule has 0 saturated carbocycles. The van der Waals surface area contributed by atoms with E-state index in [2.05, 4.69) is 29.1 Å². The molecule has 3 aromatic carbocycles. The number of fused-ring (bicyclic) bond motifs is 3. The van der Waals surface area contributed by atoms with Crippen molar-refractivity contribution in [2.45, 2.75) is 13.5 Å². The predicted molar refractivity (Wildman–Crippen MR) is 107 cm³/mol. The molecule has 26 heavy (non-hydrogen) atoms. The maximum Gasteiger partial charge on any atom is 0.279 e. The third-order valence-electron chi connectivity index (χ3n) is 4.40. The number of rotatable bonds is 2. The Labute approximate surface area is 155 Å². The summed E-state index contributed by atoms with van der Waals surface area (Å²) in [5, 5.41) is 2.30. The van der Waals surface area contributed by atoms with Crippen LogP contribution in [-0.2, 0) is 6.54 Å². The zero-order chi connectivity index (χ0) is 18.1. The highest BCUT2D eigenvalue weighted by Gasteiger charge is 2.12. The number of hydrogen-bond acceptors (Lipinski definition) is 2. The lowest BCUT2D eigenvalue weighted by Crippen LogP contribution is -2.16. The summed E-state index contributed by atoms with van der Waals surface area (Å²) in [7, 11) is 0. The van der Waals surface area contributed by atoms with E-state index in [0.29, 0.717) is 16.9 Å². The van der Waals surface area contributed by atoms with Crippen molar-refractivity contribution in [3.63, 3.8) is 0 Å². The minimum absolute atomic E-state index is 0.246. The van der Waals surface area contributed by atoms with Crippen molar-refractivity contribution in [3.05, 3.63) is 76.6 Å². The molecule has 1 heterocycles. The summed E-state index contributed by atoms with van der Waals surface area (Å²) in [5.74, 6) is 2.43. The molecular formula is C22H16N2OS. The molecule has 4 heteroatoms. The van der Waals surface area contributed by atoms with Crippen molar-refractivity contribution in [2.75, 3.05) is 0 Å². The Morgan fingerprint density at radius 2 is 1.88 bits per heavy atom. The quantitative estimate of drug-likeness (QED) is 0.486. The summed E-state index contributed by atoms with van der Waals surface area (Å²) in [6.45, 7) is 2.29. The molecule has 0 bridgehead atoms. The Hall–Kier alpha value is -3.16. The number of carbonyl (C=O) groups excluding carboxylic acids is 1. The molecule has 1 aromatic heterocycles. The molecule has 0 spiro atoms. The maximum atomic E-state index is 12.7. The Morgan fingerprint density at radius 3 is 2.69 bits per heavy atom. The van der Waals surface area contributed by atoms with Gasteiger partial charge in [-0.3, -0.25) is 4.79 Å². The molecule has 0 aliphatic rings. The van der Waals surface area contributed by atoms with Crippen molar-refractivity contribution in [1.82, 2.24) is 4.57 Å². The maximum absolute atomic E-state index is 12.7. The first kappa shape index (κ1) is 16.3. The normalized spacial score (nSPS) is 11.8. The highest BCUT2D eigenvalue weighted by Crippen LogP contribution is 2.27. The minimum Gasteiger partial charge on any atom is -0.305 e. The van der Waals surface area contributed by atoms with Crippen LogP contribution in [-0.4, -0.2) is 10.5 Å². The lowest BCUT2D eigenvalue weighted by atomic mass is 10.1. The van der Waals surface area contributed by atoms with Gasteiger partial charge >= 0.3 is 0 Å². The molecule has 0 radical (unpaired) electrons. The number of nitrogens with zero attached hydrogens (tertiary/aromatic N) is 2. The first-order valence-electron chi connectivity index (χ1n) is 8.28. The second-order valence-corrected chi connectivity index (χ2v) is 7.02. The topological polar surface area (TPSA) is 34.4 Å². The highest BCUT2D eigenvalue weighted by atomic mass is 32.1. The van der Waals surface area contributed by atoms with E-state index in [1.54, 1.807) is 6.07 Å². The molecule has 0 saturated heterocycles. The van der Waals surface area contributed by atoms with Crippen LogP contribution in [0.5, 0.6) is 0 Å². The summed E-state index contributed by atoms with van der Waals surface area (Å²) >= 11 is 1.50. The second-order valence-electron chi connectivity index (χ2n) is 6.04. The molecule has 126 valence electrons. The average Bonchev–Trinajstić information content (AvgIpc) is 3.00. The third-order valence-corrected chi connectivity index (χ3v) is 5.52. The van der Waals surface area contributed by atoms with E-state index in [1.165, 1.54) is 11.3 Å². The van der Waals surface area contributed by atoms with Gasteiger partial charge in [0.15, 0.2) is 4.80 Å². The molecule has 0 unspecified atom stereocenters. The van der Waals surface area contributed by atoms with Crippen LogP contribution in [0.15, 0.2) is 65.7 Å². The smallest absolute Gasteiger partial charge is 0.279 e. The Bertz CT molecular complexity index is 1250. The van der Waals surface area contributed by atoms with Gasteiger partial charge < -0.3 is 4.57 Å². The van der Waals surface area contributed by atoms with E-state index < -0.39 is 0 Å². The monoisotopic (exact) mass is 356 g/mol. The molecule has 0 aliphatic heterocycles. The fraction of sp³-hybridized carbons (Fsp3) is 0.0909. The molecule has 3 nitrogen and oxygen atoms in total. The number of thiazole rings is 1. The van der Waals surface area contributed by atoms with Crippen molar-refractivity contribution >= 4 is 38.2 Å². The summed E-state index contributed by atoms with van der Waals surface area (Å²) in [6.07, 6.45) is 5.57. The van der Waals surface area contributed by atoms with Gasteiger partial charge in [0.05, 0.1) is 16.8 Å². The van der Waals surface area contributed by atoms with Gasteiger partial charge in [0, 0.05) is 10.9 Å². The summed E-state index contributed by atoms with van der Waals surface area (Å²) in [6, 6.07) is 19.8.